The number of carbonyl (C=O) groups excluding carboxylic acids is 2. The van der Waals surface area contributed by atoms with E-state index in [2.05, 4.69) is 0 Å². The monoisotopic (exact) mass is 429 g/mol. The van der Waals surface area contributed by atoms with E-state index in [4.69, 9.17) is 0 Å². The van der Waals surface area contributed by atoms with Crippen molar-refractivity contribution >= 4 is 40.5 Å². The molecule has 0 saturated carbocycles. The van der Waals surface area contributed by atoms with E-state index in [1.54, 1.807) is 31.2 Å². The average Bonchev–Trinajstić information content (AvgIpc) is 3.16. The second kappa shape index (κ2) is 9.98. The molecule has 152 valence electrons. The van der Waals surface area contributed by atoms with Crippen molar-refractivity contribution in [2.45, 2.75) is 24.8 Å². The van der Waals surface area contributed by atoms with Gasteiger partial charge in [-0.25, -0.2) is 4.79 Å². The van der Waals surface area contributed by atoms with Gasteiger partial charge in [0.15, 0.2) is 0 Å². The summed E-state index contributed by atoms with van der Waals surface area (Å²) in [6.07, 6.45) is 0.601. The minimum Gasteiger partial charge on any atom is -0.480 e. The number of hydrogen-bond donors (Lipinski definition) is 1. The summed E-state index contributed by atoms with van der Waals surface area (Å²) < 4.78 is 0. The number of carbonyl (C=O) groups is 3. The van der Waals surface area contributed by atoms with Crippen molar-refractivity contribution in [3.05, 3.63) is 71.8 Å². The van der Waals surface area contributed by atoms with Crippen LogP contribution in [0.25, 0.3) is 0 Å². The van der Waals surface area contributed by atoms with E-state index in [0.717, 1.165) is 17.3 Å². The number of nitrogens with zero attached hydrogens (tertiary/aromatic N) is 1. The van der Waals surface area contributed by atoms with Crippen molar-refractivity contribution in [2.24, 2.45) is 5.92 Å². The maximum absolute atomic E-state index is 13.1. The predicted molar refractivity (Wildman–Crippen MR) is 117 cm³/mol. The molecule has 0 aliphatic carbocycles. The Labute approximate surface area is 178 Å². The summed E-state index contributed by atoms with van der Waals surface area (Å²) in [5.41, 5.74) is 1.66. The first-order valence-corrected chi connectivity index (χ1v) is 11.4. The molecule has 3 rings (SSSR count). The Morgan fingerprint density at radius 3 is 2.34 bits per heavy atom. The van der Waals surface area contributed by atoms with Crippen molar-refractivity contribution in [3.63, 3.8) is 0 Å². The largest absolute Gasteiger partial charge is 0.480 e. The van der Waals surface area contributed by atoms with E-state index in [9.17, 15) is 19.5 Å². The molecule has 0 radical (unpaired) electrons. The first-order chi connectivity index (χ1) is 14.0. The lowest BCUT2D eigenvalue weighted by Gasteiger charge is -2.30. The molecule has 1 amide bonds. The summed E-state index contributed by atoms with van der Waals surface area (Å²) in [5, 5.41) is 9.29. The van der Waals surface area contributed by atoms with Crippen LogP contribution in [0.2, 0.25) is 0 Å². The molecular weight excluding hydrogens is 406 g/mol. The van der Waals surface area contributed by atoms with Crippen molar-refractivity contribution in [1.29, 1.82) is 0 Å². The Morgan fingerprint density at radius 2 is 1.72 bits per heavy atom. The molecule has 2 unspecified atom stereocenters. The molecule has 1 aliphatic heterocycles. The van der Waals surface area contributed by atoms with Crippen LogP contribution in [-0.2, 0) is 16.0 Å². The minimum absolute atomic E-state index is 0.0864. The molecule has 1 fully saturated rings. The zero-order chi connectivity index (χ0) is 20.8. The molecule has 7 heteroatoms. The third kappa shape index (κ3) is 5.42. The first kappa shape index (κ1) is 21.5. The number of hydrogen-bond acceptors (Lipinski definition) is 5. The lowest BCUT2D eigenvalue weighted by Crippen LogP contribution is -2.48. The van der Waals surface area contributed by atoms with Gasteiger partial charge in [-0.2, -0.15) is 0 Å². The van der Waals surface area contributed by atoms with E-state index in [1.807, 2.05) is 36.4 Å². The van der Waals surface area contributed by atoms with Gasteiger partial charge < -0.3 is 10.0 Å². The molecule has 1 heterocycles. The molecule has 0 aromatic heterocycles. The van der Waals surface area contributed by atoms with Crippen LogP contribution in [-0.4, -0.2) is 49.9 Å². The third-order valence-electron chi connectivity index (χ3n) is 4.78. The Hall–Kier alpha value is -2.25. The summed E-state index contributed by atoms with van der Waals surface area (Å²) in [6, 6.07) is 17.9. The van der Waals surface area contributed by atoms with Crippen LogP contribution in [0, 0.1) is 5.92 Å². The van der Waals surface area contributed by atoms with E-state index in [-0.39, 0.29) is 16.4 Å². The maximum Gasteiger partial charge on any atom is 0.327 e. The SMILES string of the molecule is CC(CSC(=O)c1ccccc1)C(=O)N1C(Cc2ccccc2)SC[C@H]1C(=O)O. The standard InChI is InChI=1S/C22H23NO4S2/c1-15(13-29-22(27)17-10-6-3-7-11-17)20(24)23-18(21(25)26)14-28-19(23)12-16-8-4-2-5-9-16/h2-11,15,18-19H,12-14H2,1H3,(H,25,26)/t15?,18-,19?/m0/s1. The molecule has 3 atom stereocenters. The number of thioether (sulfide) groups is 2. The maximum atomic E-state index is 13.1. The van der Waals surface area contributed by atoms with Gasteiger partial charge in [0.2, 0.25) is 11.0 Å². The lowest BCUT2D eigenvalue weighted by atomic mass is 10.1. The average molecular weight is 430 g/mol. The number of amides is 1. The molecule has 5 nitrogen and oxygen atoms in total. The van der Waals surface area contributed by atoms with Crippen molar-refractivity contribution in [1.82, 2.24) is 4.90 Å². The molecule has 0 bridgehead atoms. The minimum atomic E-state index is -0.985. The summed E-state index contributed by atoms with van der Waals surface area (Å²) in [7, 11) is 0. The van der Waals surface area contributed by atoms with Crippen LogP contribution in [0.1, 0.15) is 22.8 Å². The van der Waals surface area contributed by atoms with Crippen molar-refractivity contribution in [3.8, 4) is 0 Å². The molecule has 0 spiro atoms. The van der Waals surface area contributed by atoms with Crippen LogP contribution in [0.5, 0.6) is 0 Å². The van der Waals surface area contributed by atoms with Crippen molar-refractivity contribution in [2.75, 3.05) is 11.5 Å². The molecule has 2 aromatic carbocycles. The lowest BCUT2D eigenvalue weighted by molar-refractivity contribution is -0.150. The van der Waals surface area contributed by atoms with E-state index < -0.39 is 17.9 Å². The normalized spacial score (nSPS) is 19.7. The topological polar surface area (TPSA) is 74.7 Å². The van der Waals surface area contributed by atoms with Crippen molar-refractivity contribution < 1.29 is 19.5 Å². The van der Waals surface area contributed by atoms with Crippen LogP contribution >= 0.6 is 23.5 Å². The number of rotatable bonds is 7. The smallest absolute Gasteiger partial charge is 0.327 e. The van der Waals surface area contributed by atoms with Gasteiger partial charge in [-0.05, 0) is 5.56 Å². The Morgan fingerprint density at radius 1 is 1.10 bits per heavy atom. The van der Waals surface area contributed by atoms with E-state index >= 15 is 0 Å². The zero-order valence-corrected chi connectivity index (χ0v) is 17.7. The number of benzene rings is 2. The van der Waals surface area contributed by atoms with Gasteiger partial charge in [-0.3, -0.25) is 9.59 Å². The third-order valence-corrected chi connectivity index (χ3v) is 7.23. The molecule has 1 saturated heterocycles. The van der Waals surface area contributed by atoms with Gasteiger partial charge in [0.05, 0.1) is 5.37 Å². The van der Waals surface area contributed by atoms with Gasteiger partial charge in [0.1, 0.15) is 6.04 Å². The predicted octanol–water partition coefficient (Wildman–Crippen LogP) is 3.79. The van der Waals surface area contributed by atoms with Crippen LogP contribution in [0.15, 0.2) is 60.7 Å². The molecule has 1 N–H and O–H groups in total. The van der Waals surface area contributed by atoms with Gasteiger partial charge >= 0.3 is 5.97 Å². The Kier molecular flexibility index (Phi) is 7.39. The Bertz CT molecular complexity index is 860. The molecular formula is C22H23NO4S2. The number of carboxylic acids is 1. The Balaban J connectivity index is 1.67. The van der Waals surface area contributed by atoms with Crippen LogP contribution in [0.4, 0.5) is 0 Å². The van der Waals surface area contributed by atoms with Crippen LogP contribution < -0.4 is 0 Å². The second-order valence-corrected chi connectivity index (χ2v) is 9.15. The number of carboxylic acid groups (broad SMARTS) is 1. The zero-order valence-electron chi connectivity index (χ0n) is 16.1. The number of aliphatic carboxylic acids is 1. The highest BCUT2D eigenvalue weighted by Crippen LogP contribution is 2.33. The van der Waals surface area contributed by atoms with Crippen LogP contribution in [0.3, 0.4) is 0 Å². The van der Waals surface area contributed by atoms with Gasteiger partial charge in [-0.15, -0.1) is 11.8 Å². The summed E-state index contributed by atoms with van der Waals surface area (Å²) in [4.78, 5) is 38.7. The summed E-state index contributed by atoms with van der Waals surface area (Å²) in [6.45, 7) is 1.76. The van der Waals surface area contributed by atoms with E-state index in [0.29, 0.717) is 23.5 Å². The molecule has 1 aliphatic rings. The van der Waals surface area contributed by atoms with Gasteiger partial charge in [-0.1, -0.05) is 79.3 Å². The van der Waals surface area contributed by atoms with E-state index in [1.165, 1.54) is 16.7 Å². The highest BCUT2D eigenvalue weighted by Gasteiger charge is 2.42. The summed E-state index contributed by atoms with van der Waals surface area (Å²) in [5.74, 6) is -0.954. The fraction of sp³-hybridized carbons (Fsp3) is 0.318. The fourth-order valence-electron chi connectivity index (χ4n) is 3.21. The highest BCUT2D eigenvalue weighted by molar-refractivity contribution is 8.14. The quantitative estimate of drug-likeness (QED) is 0.722. The van der Waals surface area contributed by atoms with Gasteiger partial charge in [0, 0.05) is 29.4 Å². The molecule has 2 aromatic rings. The first-order valence-electron chi connectivity index (χ1n) is 9.40. The summed E-state index contributed by atoms with van der Waals surface area (Å²) >= 11 is 2.60. The molecule has 29 heavy (non-hydrogen) atoms. The van der Waals surface area contributed by atoms with Gasteiger partial charge in [0.25, 0.3) is 0 Å². The second-order valence-electron chi connectivity index (χ2n) is 6.94. The fourth-order valence-corrected chi connectivity index (χ4v) is 5.48. The highest BCUT2D eigenvalue weighted by atomic mass is 32.2.